The largest absolute Gasteiger partial charge is 0.426 e. The van der Waals surface area contributed by atoms with Crippen molar-refractivity contribution < 1.29 is 18.4 Å². The van der Waals surface area contributed by atoms with Gasteiger partial charge in [0.25, 0.3) is 11.8 Å². The zero-order valence-corrected chi connectivity index (χ0v) is 19.7. The Labute approximate surface area is 214 Å². The van der Waals surface area contributed by atoms with Gasteiger partial charge in [-0.25, -0.2) is 9.07 Å². The van der Waals surface area contributed by atoms with E-state index in [1.807, 2.05) is 6.07 Å². The van der Waals surface area contributed by atoms with Crippen LogP contribution in [0.5, 0.6) is 0 Å². The number of amides is 2. The first-order valence-corrected chi connectivity index (χ1v) is 11.3. The van der Waals surface area contributed by atoms with Crippen LogP contribution in [0.3, 0.4) is 0 Å². The van der Waals surface area contributed by atoms with Gasteiger partial charge in [0.2, 0.25) is 12.3 Å². The van der Waals surface area contributed by atoms with Gasteiger partial charge in [-0.3, -0.25) is 14.6 Å². The maximum Gasteiger partial charge on any atom is 0.272 e. The van der Waals surface area contributed by atoms with E-state index >= 15 is 0 Å². The number of benzene rings is 2. The zero-order chi connectivity index (χ0) is 25.8. The summed E-state index contributed by atoms with van der Waals surface area (Å²) in [5.74, 6) is -1.36. The number of anilines is 1. The number of carbonyl (C=O) groups excluding carboxylic acids is 2. The Kier molecular flexibility index (Phi) is 6.68. The highest BCUT2D eigenvalue weighted by molar-refractivity contribution is 6.34. The Hall–Kier alpha value is -4.90. The maximum atomic E-state index is 14.6. The minimum atomic E-state index is -0.628. The van der Waals surface area contributed by atoms with Crippen LogP contribution < -0.4 is 10.6 Å². The summed E-state index contributed by atoms with van der Waals surface area (Å²) in [6.45, 7) is 0.000207. The van der Waals surface area contributed by atoms with Crippen molar-refractivity contribution in [3.63, 3.8) is 0 Å². The lowest BCUT2D eigenvalue weighted by Gasteiger charge is -2.11. The van der Waals surface area contributed by atoms with Gasteiger partial charge in [-0.1, -0.05) is 35.9 Å². The number of nitrogens with one attached hydrogen (secondary N) is 2. The second kappa shape index (κ2) is 10.4. The van der Waals surface area contributed by atoms with Crippen LogP contribution in [-0.2, 0) is 6.54 Å². The van der Waals surface area contributed by atoms with Crippen LogP contribution in [0.2, 0.25) is 5.02 Å². The van der Waals surface area contributed by atoms with Crippen LogP contribution >= 0.6 is 11.6 Å². The van der Waals surface area contributed by atoms with Gasteiger partial charge < -0.3 is 15.1 Å². The summed E-state index contributed by atoms with van der Waals surface area (Å²) in [4.78, 5) is 30.1. The van der Waals surface area contributed by atoms with Crippen LogP contribution in [0, 0.1) is 5.82 Å². The minimum absolute atomic E-state index is 0.000207. The summed E-state index contributed by atoms with van der Waals surface area (Å²) < 4.78 is 21.0. The molecule has 184 valence electrons. The number of aromatic nitrogens is 5. The molecule has 3 aromatic heterocycles. The molecule has 5 aromatic rings. The number of pyridine rings is 1. The van der Waals surface area contributed by atoms with Gasteiger partial charge >= 0.3 is 0 Å². The third kappa shape index (κ3) is 5.21. The fourth-order valence-corrected chi connectivity index (χ4v) is 3.73. The van der Waals surface area contributed by atoms with E-state index in [0.29, 0.717) is 11.4 Å². The van der Waals surface area contributed by atoms with Gasteiger partial charge in [-0.2, -0.15) is 5.10 Å². The van der Waals surface area contributed by atoms with Gasteiger partial charge in [-0.15, -0.1) is 10.2 Å². The zero-order valence-electron chi connectivity index (χ0n) is 18.9. The van der Waals surface area contributed by atoms with E-state index in [0.717, 1.165) is 12.5 Å². The normalized spacial score (nSPS) is 10.8. The van der Waals surface area contributed by atoms with Crippen LogP contribution in [0.25, 0.3) is 16.9 Å². The fourth-order valence-electron chi connectivity index (χ4n) is 3.49. The van der Waals surface area contributed by atoms with Gasteiger partial charge in [0.1, 0.15) is 11.6 Å². The molecule has 37 heavy (non-hydrogen) atoms. The second-order valence-electron chi connectivity index (χ2n) is 7.66. The fraction of sp³-hybridized carbons (Fsp3) is 0.0400. The molecular weight excluding hydrogens is 501 g/mol. The molecular formula is C25H17ClFN7O3. The molecule has 0 aliphatic rings. The quantitative estimate of drug-likeness (QED) is 0.329. The third-order valence-electron chi connectivity index (χ3n) is 5.23. The molecule has 12 heteroatoms. The van der Waals surface area contributed by atoms with Gasteiger partial charge in [0.15, 0.2) is 5.69 Å². The van der Waals surface area contributed by atoms with Crippen LogP contribution in [0.4, 0.5) is 10.2 Å². The van der Waals surface area contributed by atoms with Crippen molar-refractivity contribution >= 4 is 29.2 Å². The minimum Gasteiger partial charge on any atom is -0.426 e. The first-order chi connectivity index (χ1) is 18.0. The lowest BCUT2D eigenvalue weighted by Crippen LogP contribution is -2.23. The summed E-state index contributed by atoms with van der Waals surface area (Å²) in [5, 5.41) is 16.9. The Morgan fingerprint density at radius 2 is 1.84 bits per heavy atom. The average molecular weight is 518 g/mol. The van der Waals surface area contributed by atoms with Crippen LogP contribution in [-0.4, -0.2) is 36.8 Å². The van der Waals surface area contributed by atoms with E-state index < -0.39 is 17.6 Å². The predicted octanol–water partition coefficient (Wildman–Crippen LogP) is 4.29. The Morgan fingerprint density at radius 1 is 1.03 bits per heavy atom. The molecule has 0 atom stereocenters. The summed E-state index contributed by atoms with van der Waals surface area (Å²) >= 11 is 6.22. The number of nitrogens with zero attached hydrogens (tertiary/aromatic N) is 5. The molecule has 5 rings (SSSR count). The van der Waals surface area contributed by atoms with Crippen LogP contribution in [0.1, 0.15) is 26.7 Å². The van der Waals surface area contributed by atoms with E-state index in [-0.39, 0.29) is 40.1 Å². The molecule has 2 aromatic carbocycles. The predicted molar refractivity (Wildman–Crippen MR) is 132 cm³/mol. The van der Waals surface area contributed by atoms with E-state index in [4.69, 9.17) is 16.0 Å². The van der Waals surface area contributed by atoms with E-state index in [9.17, 15) is 14.0 Å². The molecule has 2 amide bonds. The molecule has 0 aliphatic heterocycles. The van der Waals surface area contributed by atoms with E-state index in [1.54, 1.807) is 42.5 Å². The standard InChI is InChI=1S/C25H17ClFN7O3/c26-18-11-19(27)17(20-8-4-5-9-28-20)10-16(18)24(35)31-22-12-21(25(36)29-13-23-32-30-14-37-23)33-34(22)15-6-2-1-3-7-15/h1-12,14H,13H2,(H,29,36)(H,31,35). The molecule has 0 radical (unpaired) electrons. The van der Waals surface area contributed by atoms with Crippen LogP contribution in [0.15, 0.2) is 83.7 Å². The molecule has 0 unspecified atom stereocenters. The van der Waals surface area contributed by atoms with Crippen molar-refractivity contribution in [2.75, 3.05) is 5.32 Å². The second-order valence-corrected chi connectivity index (χ2v) is 8.07. The molecule has 0 spiro atoms. The summed E-state index contributed by atoms with van der Waals surface area (Å²) in [5.41, 5.74) is 1.10. The van der Waals surface area contributed by atoms with Crippen molar-refractivity contribution in [1.29, 1.82) is 0 Å². The number of halogens is 2. The van der Waals surface area contributed by atoms with E-state index in [2.05, 4.69) is 30.9 Å². The molecule has 0 fully saturated rings. The Morgan fingerprint density at radius 3 is 2.57 bits per heavy atom. The first-order valence-electron chi connectivity index (χ1n) is 10.9. The molecule has 0 saturated heterocycles. The monoisotopic (exact) mass is 517 g/mol. The first kappa shape index (κ1) is 23.8. The van der Waals surface area contributed by atoms with E-state index in [1.165, 1.54) is 23.0 Å². The molecule has 0 bridgehead atoms. The highest BCUT2D eigenvalue weighted by Gasteiger charge is 2.21. The van der Waals surface area contributed by atoms with Crippen molar-refractivity contribution in [3.8, 4) is 16.9 Å². The van der Waals surface area contributed by atoms with Crippen molar-refractivity contribution in [2.24, 2.45) is 0 Å². The van der Waals surface area contributed by atoms with Crippen molar-refractivity contribution in [2.45, 2.75) is 6.54 Å². The number of hydrogen-bond acceptors (Lipinski definition) is 7. The number of carbonyl (C=O) groups is 2. The number of rotatable bonds is 7. The number of hydrogen-bond donors (Lipinski definition) is 2. The molecule has 0 saturated carbocycles. The topological polar surface area (TPSA) is 128 Å². The molecule has 0 aliphatic carbocycles. The SMILES string of the molecule is O=C(NCc1nnco1)c1cc(NC(=O)c2cc(-c3ccccn3)c(F)cc2Cl)n(-c2ccccc2)n1. The third-order valence-corrected chi connectivity index (χ3v) is 5.54. The molecule has 2 N–H and O–H groups in total. The molecule has 10 nitrogen and oxygen atoms in total. The van der Waals surface area contributed by atoms with Gasteiger partial charge in [-0.05, 0) is 36.4 Å². The number of para-hydroxylation sites is 1. The average Bonchev–Trinajstić information content (AvgIpc) is 3.59. The summed E-state index contributed by atoms with van der Waals surface area (Å²) in [6, 6.07) is 17.7. The Bertz CT molecular complexity index is 1560. The lowest BCUT2D eigenvalue weighted by atomic mass is 10.1. The Balaban J connectivity index is 1.46. The highest BCUT2D eigenvalue weighted by atomic mass is 35.5. The van der Waals surface area contributed by atoms with Gasteiger partial charge in [0, 0.05) is 17.8 Å². The smallest absolute Gasteiger partial charge is 0.272 e. The van der Waals surface area contributed by atoms with Gasteiger partial charge in [0.05, 0.1) is 28.5 Å². The lowest BCUT2D eigenvalue weighted by molar-refractivity contribution is 0.0941. The van der Waals surface area contributed by atoms with Crippen molar-refractivity contribution in [1.82, 2.24) is 30.3 Å². The van der Waals surface area contributed by atoms with Crippen molar-refractivity contribution in [3.05, 3.63) is 107 Å². The summed E-state index contributed by atoms with van der Waals surface area (Å²) in [7, 11) is 0. The highest BCUT2D eigenvalue weighted by Crippen LogP contribution is 2.28. The summed E-state index contributed by atoms with van der Waals surface area (Å²) in [6.07, 6.45) is 2.67. The molecule has 3 heterocycles. The maximum absolute atomic E-state index is 14.6.